The number of aliphatic imine (C=N–C) groups is 1. The number of hydrogen-bond donors (Lipinski definition) is 4. The maximum atomic E-state index is 14.2. The minimum absolute atomic E-state index is 0.163. The van der Waals surface area contributed by atoms with E-state index in [1.54, 1.807) is 34.6 Å². The van der Waals surface area contributed by atoms with E-state index in [2.05, 4.69) is 0 Å². The molecule has 3 fully saturated rings. The van der Waals surface area contributed by atoms with Crippen LogP contribution >= 0.6 is 0 Å². The van der Waals surface area contributed by atoms with E-state index in [0.29, 0.717) is 18.7 Å². The van der Waals surface area contributed by atoms with Gasteiger partial charge in [-0.05, 0) is 75.4 Å². The minimum atomic E-state index is -1.84. The largest absolute Gasteiger partial charge is 0.472 e. The average molecular weight is 731 g/mol. The number of hydrogen-bond acceptors (Lipinski definition) is 14. The van der Waals surface area contributed by atoms with Gasteiger partial charge in [0.05, 0.1) is 35.9 Å². The Labute approximate surface area is 304 Å². The fourth-order valence-corrected chi connectivity index (χ4v) is 8.61. The number of methoxy groups -OCH3 is 1. The van der Waals surface area contributed by atoms with Gasteiger partial charge in [-0.2, -0.15) is 0 Å². The third kappa shape index (κ3) is 8.60. The van der Waals surface area contributed by atoms with Crippen LogP contribution in [0.15, 0.2) is 4.99 Å². The van der Waals surface area contributed by atoms with Gasteiger partial charge >= 0.3 is 5.97 Å². The summed E-state index contributed by atoms with van der Waals surface area (Å²) < 4.78 is 44.5. The summed E-state index contributed by atoms with van der Waals surface area (Å²) in [4.78, 5) is 20.9. The zero-order chi connectivity index (χ0) is 38.4. The van der Waals surface area contributed by atoms with Crippen LogP contribution in [-0.4, -0.2) is 149 Å². The van der Waals surface area contributed by atoms with Crippen molar-refractivity contribution in [3.05, 3.63) is 0 Å². The average Bonchev–Trinajstić information content (AvgIpc) is 3.35. The van der Waals surface area contributed by atoms with Crippen molar-refractivity contribution in [1.29, 1.82) is 0 Å². The van der Waals surface area contributed by atoms with Crippen LogP contribution in [0.2, 0.25) is 0 Å². The number of likely N-dealkylation sites (N-methyl/N-ethyl adjacent to an activating group) is 1. The van der Waals surface area contributed by atoms with Crippen LogP contribution in [0.4, 0.5) is 0 Å². The maximum Gasteiger partial charge on any atom is 0.311 e. The number of esters is 1. The molecule has 4 aliphatic heterocycles. The molecule has 0 saturated carbocycles. The molecule has 14 heteroatoms. The fraction of sp³-hybridized carbons (Fsp3) is 0.946. The first-order chi connectivity index (χ1) is 23.6. The van der Waals surface area contributed by atoms with Crippen molar-refractivity contribution >= 4 is 11.9 Å². The fourth-order valence-electron chi connectivity index (χ4n) is 8.61. The highest BCUT2D eigenvalue weighted by Crippen LogP contribution is 2.44. The Balaban J connectivity index is 1.85. The van der Waals surface area contributed by atoms with Crippen molar-refractivity contribution in [1.82, 2.24) is 4.90 Å². The molecule has 0 aliphatic carbocycles. The van der Waals surface area contributed by atoms with Gasteiger partial charge in [0.1, 0.15) is 41.7 Å². The van der Waals surface area contributed by atoms with Crippen molar-refractivity contribution in [2.75, 3.05) is 21.2 Å². The highest BCUT2D eigenvalue weighted by molar-refractivity contribution is 5.81. The van der Waals surface area contributed by atoms with E-state index in [-0.39, 0.29) is 30.9 Å². The van der Waals surface area contributed by atoms with E-state index in [1.807, 2.05) is 46.7 Å². The lowest BCUT2D eigenvalue weighted by Crippen LogP contribution is -2.60. The van der Waals surface area contributed by atoms with Gasteiger partial charge in [0.2, 0.25) is 0 Å². The Kier molecular flexibility index (Phi) is 13.4. The molecule has 0 aromatic heterocycles. The van der Waals surface area contributed by atoms with Crippen LogP contribution in [0, 0.1) is 17.8 Å². The van der Waals surface area contributed by atoms with E-state index in [4.69, 9.17) is 38.2 Å². The third-order valence-electron chi connectivity index (χ3n) is 11.9. The van der Waals surface area contributed by atoms with Crippen LogP contribution in [-0.2, 0) is 38.0 Å². The van der Waals surface area contributed by atoms with Gasteiger partial charge in [0.25, 0.3) is 0 Å². The lowest BCUT2D eigenvalue weighted by atomic mass is 9.79. The first-order valence-corrected chi connectivity index (χ1v) is 18.7. The molecular weight excluding hydrogens is 664 g/mol. The first kappa shape index (κ1) is 42.3. The number of carbonyl (C=O) groups is 1. The van der Waals surface area contributed by atoms with Gasteiger partial charge in [-0.25, -0.2) is 4.99 Å². The zero-order valence-electron chi connectivity index (χ0n) is 32.9. The summed E-state index contributed by atoms with van der Waals surface area (Å²) in [6, 6.07) is -1.04. The van der Waals surface area contributed by atoms with Crippen LogP contribution in [0.25, 0.3) is 0 Å². The molecule has 2 bridgehead atoms. The van der Waals surface area contributed by atoms with Crippen molar-refractivity contribution in [3.63, 3.8) is 0 Å². The number of carbonyl (C=O) groups excluding carboxylic acids is 1. The van der Waals surface area contributed by atoms with Crippen molar-refractivity contribution in [2.24, 2.45) is 22.7 Å². The molecule has 3 saturated heterocycles. The molecule has 0 spiro atoms. The smallest absolute Gasteiger partial charge is 0.311 e. The van der Waals surface area contributed by atoms with Crippen LogP contribution in [0.5, 0.6) is 0 Å². The van der Waals surface area contributed by atoms with Gasteiger partial charge in [-0.3, -0.25) is 4.79 Å². The molecule has 0 unspecified atom stereocenters. The normalized spacial score (nSPS) is 50.3. The predicted molar refractivity (Wildman–Crippen MR) is 188 cm³/mol. The molecule has 4 N–H and O–H groups in total. The molecule has 0 aromatic rings. The molecule has 0 radical (unpaired) electrons. The van der Waals surface area contributed by atoms with E-state index in [0.717, 1.165) is 0 Å². The maximum absolute atomic E-state index is 14.2. The number of aliphatic hydroxyl groups is 4. The summed E-state index contributed by atoms with van der Waals surface area (Å²) >= 11 is 0. The molecule has 4 aliphatic rings. The molecular formula is C37H66N2O12. The summed E-state index contributed by atoms with van der Waals surface area (Å²) in [5.74, 6) is -2.03. The van der Waals surface area contributed by atoms with Crippen molar-refractivity contribution in [3.8, 4) is 0 Å². The topological polar surface area (TPSA) is 178 Å². The van der Waals surface area contributed by atoms with Gasteiger partial charge < -0.3 is 58.5 Å². The van der Waals surface area contributed by atoms with E-state index in [9.17, 15) is 25.2 Å². The van der Waals surface area contributed by atoms with E-state index in [1.165, 1.54) is 14.0 Å². The first-order valence-electron chi connectivity index (χ1n) is 18.7. The van der Waals surface area contributed by atoms with Gasteiger partial charge in [-0.15, -0.1) is 0 Å². The molecule has 51 heavy (non-hydrogen) atoms. The number of ether oxygens (including phenoxy) is 7. The number of cyclic esters (lactones) is 1. The van der Waals surface area contributed by atoms with Gasteiger partial charge in [-0.1, -0.05) is 20.8 Å². The van der Waals surface area contributed by atoms with Crippen LogP contribution < -0.4 is 0 Å². The molecule has 0 amide bonds. The summed E-state index contributed by atoms with van der Waals surface area (Å²) in [6.45, 7) is 17.8. The Bertz CT molecular complexity index is 1220. The Morgan fingerprint density at radius 3 is 2.20 bits per heavy atom. The second-order valence-corrected chi connectivity index (χ2v) is 16.5. The van der Waals surface area contributed by atoms with Crippen LogP contribution in [0.1, 0.15) is 94.9 Å². The molecule has 18 atom stereocenters. The second-order valence-electron chi connectivity index (χ2n) is 16.5. The monoisotopic (exact) mass is 730 g/mol. The summed E-state index contributed by atoms with van der Waals surface area (Å²) in [5.41, 5.74) is -3.91. The lowest BCUT2D eigenvalue weighted by molar-refractivity contribution is -0.315. The Hall–Kier alpha value is -1.46. The van der Waals surface area contributed by atoms with Gasteiger partial charge in [0.15, 0.2) is 18.5 Å². The highest BCUT2D eigenvalue weighted by atomic mass is 16.7. The molecule has 4 heterocycles. The molecule has 296 valence electrons. The molecule has 4 rings (SSSR count). The number of aliphatic hydroxyl groups excluding tert-OH is 3. The molecule has 0 aromatic carbocycles. The summed E-state index contributed by atoms with van der Waals surface area (Å²) in [6.07, 6.45) is -7.53. The Morgan fingerprint density at radius 2 is 1.61 bits per heavy atom. The summed E-state index contributed by atoms with van der Waals surface area (Å²) in [5, 5.41) is 45.5. The number of nitrogens with zero attached hydrogens (tertiary/aromatic N) is 2. The van der Waals surface area contributed by atoms with Gasteiger partial charge in [0, 0.05) is 37.8 Å². The van der Waals surface area contributed by atoms with Crippen molar-refractivity contribution < 1.29 is 58.4 Å². The molecule has 14 nitrogen and oxygen atoms in total. The standard InChI is InChI=1S/C37H66N2O12/c1-14-25-37(10,44)29(41)22(6)38-32-18(2)16-36(9,51-32)31(50-34-27(40)24(39(11)12)15-19(3)46-34)20(4)28(21(5)33(43)48-25)49-26-17-35(8,45-13)30(42)23(7)47-26/h18-31,34,40-42,44H,14-17H2,1-13H3/t18-,19-,20+,21-,22-,23-,24+,25-,26-,27-,28+,29-,30-,31-,34+,35+,36-,37-/m1/s1. The SMILES string of the molecule is CC[C@H]1OC(=O)[C@H](C)[C@@H](O[C@@H]2C[C@](C)(OC)[C@H](O)[C@@H](C)O2)[C@H](C)[C@@H](O[C@@H]2O[C@H](C)C[C@H](N(C)C)[C@H]2O)[C@@]2(C)C[C@@H](C)C(=N[C@H](C)[C@@H](O)[C@]1(C)O)O2. The van der Waals surface area contributed by atoms with Crippen LogP contribution in [0.3, 0.4) is 0 Å². The minimum Gasteiger partial charge on any atom is -0.472 e. The number of rotatable bonds is 7. The highest BCUT2D eigenvalue weighted by Gasteiger charge is 2.56. The predicted octanol–water partition coefficient (Wildman–Crippen LogP) is 2.41. The second kappa shape index (κ2) is 16.1. The Morgan fingerprint density at radius 1 is 0.961 bits per heavy atom. The summed E-state index contributed by atoms with van der Waals surface area (Å²) in [7, 11) is 5.33. The third-order valence-corrected chi connectivity index (χ3v) is 11.9. The van der Waals surface area contributed by atoms with E-state index < -0.39 is 96.0 Å². The number of fused-ring (bicyclic) bond motifs is 2. The zero-order valence-corrected chi connectivity index (χ0v) is 32.9. The van der Waals surface area contributed by atoms with E-state index >= 15 is 0 Å². The quantitative estimate of drug-likeness (QED) is 0.281. The lowest BCUT2D eigenvalue weighted by Gasteiger charge is -2.48. The van der Waals surface area contributed by atoms with Crippen molar-refractivity contribution in [2.45, 2.75) is 185 Å².